The van der Waals surface area contributed by atoms with Crippen molar-refractivity contribution in [3.05, 3.63) is 0 Å². The first-order chi connectivity index (χ1) is 4.84. The Morgan fingerprint density at radius 1 is 1.70 bits per heavy atom. The Morgan fingerprint density at radius 3 is 3.10 bits per heavy atom. The smallest absolute Gasteiger partial charge is 0.0715 e. The van der Waals surface area contributed by atoms with Crippen molar-refractivity contribution in [2.45, 2.75) is 12.5 Å². The van der Waals surface area contributed by atoms with Crippen LogP contribution in [0.15, 0.2) is 0 Å². The molecular weight excluding hydrogens is 130 g/mol. The summed E-state index contributed by atoms with van der Waals surface area (Å²) in [7, 11) is 1.68. The molecule has 1 aliphatic heterocycles. The first-order valence-electron chi connectivity index (χ1n) is 3.72. The fourth-order valence-electron chi connectivity index (χ4n) is 1.30. The molecule has 0 radical (unpaired) electrons. The number of ether oxygens (including phenoxy) is 1. The Labute approximate surface area is 61.4 Å². The lowest BCUT2D eigenvalue weighted by atomic mass is 9.96. The molecule has 0 unspecified atom stereocenters. The normalized spacial score (nSPS) is 34.2. The quantitative estimate of drug-likeness (QED) is 0.555. The van der Waals surface area contributed by atoms with E-state index in [1.807, 2.05) is 0 Å². The van der Waals surface area contributed by atoms with Crippen molar-refractivity contribution in [3.63, 3.8) is 0 Å². The van der Waals surface area contributed by atoms with Crippen molar-refractivity contribution in [1.82, 2.24) is 5.32 Å². The number of β-amino-alcohol motifs (C(OH)–C–C–N with tert-alkyl or cyclic N) is 1. The molecule has 1 aliphatic rings. The van der Waals surface area contributed by atoms with E-state index in [0.29, 0.717) is 19.1 Å². The highest BCUT2D eigenvalue weighted by molar-refractivity contribution is 4.76. The number of hydrogen-bond acceptors (Lipinski definition) is 3. The lowest BCUT2D eigenvalue weighted by molar-refractivity contribution is 0.0296. The number of methoxy groups -OCH3 is 1. The van der Waals surface area contributed by atoms with Crippen LogP contribution in [-0.2, 0) is 4.74 Å². The Hall–Kier alpha value is -0.120. The molecule has 3 heteroatoms. The van der Waals surface area contributed by atoms with Crippen molar-refractivity contribution in [2.24, 2.45) is 5.92 Å². The zero-order valence-corrected chi connectivity index (χ0v) is 6.34. The highest BCUT2D eigenvalue weighted by Crippen LogP contribution is 2.11. The summed E-state index contributed by atoms with van der Waals surface area (Å²) < 4.78 is 4.96. The van der Waals surface area contributed by atoms with Crippen LogP contribution in [0.5, 0.6) is 0 Å². The SMILES string of the molecule is COC[C@H]1CCNC[C@@H]1O. The molecule has 1 fully saturated rings. The summed E-state index contributed by atoms with van der Waals surface area (Å²) in [6.07, 6.45) is 0.809. The van der Waals surface area contributed by atoms with Gasteiger partial charge in [-0.3, -0.25) is 0 Å². The minimum atomic E-state index is -0.214. The molecule has 2 atom stereocenters. The van der Waals surface area contributed by atoms with Crippen LogP contribution in [0.1, 0.15) is 6.42 Å². The number of hydrogen-bond donors (Lipinski definition) is 2. The third-order valence-electron chi connectivity index (χ3n) is 1.97. The minimum Gasteiger partial charge on any atom is -0.391 e. The maximum Gasteiger partial charge on any atom is 0.0715 e. The average molecular weight is 145 g/mol. The van der Waals surface area contributed by atoms with Gasteiger partial charge in [0.1, 0.15) is 0 Å². The number of nitrogens with one attached hydrogen (secondary N) is 1. The molecule has 10 heavy (non-hydrogen) atoms. The molecule has 1 heterocycles. The molecule has 1 saturated heterocycles. The van der Waals surface area contributed by atoms with E-state index >= 15 is 0 Å². The lowest BCUT2D eigenvalue weighted by Gasteiger charge is -2.27. The van der Waals surface area contributed by atoms with Gasteiger partial charge in [0.15, 0.2) is 0 Å². The van der Waals surface area contributed by atoms with Gasteiger partial charge in [0.05, 0.1) is 12.7 Å². The summed E-state index contributed by atoms with van der Waals surface area (Å²) in [4.78, 5) is 0. The van der Waals surface area contributed by atoms with E-state index in [4.69, 9.17) is 4.74 Å². The zero-order valence-electron chi connectivity index (χ0n) is 6.34. The molecule has 1 rings (SSSR count). The monoisotopic (exact) mass is 145 g/mol. The van der Waals surface area contributed by atoms with E-state index in [2.05, 4.69) is 5.32 Å². The van der Waals surface area contributed by atoms with Gasteiger partial charge in [-0.2, -0.15) is 0 Å². The molecule has 0 aromatic heterocycles. The van der Waals surface area contributed by atoms with E-state index in [0.717, 1.165) is 13.0 Å². The predicted octanol–water partition coefficient (Wildman–Crippen LogP) is -0.397. The van der Waals surface area contributed by atoms with Gasteiger partial charge in [0.25, 0.3) is 0 Å². The van der Waals surface area contributed by atoms with Crippen LogP contribution < -0.4 is 5.32 Å². The fraction of sp³-hybridized carbons (Fsp3) is 1.00. The maximum absolute atomic E-state index is 9.36. The molecule has 0 bridgehead atoms. The summed E-state index contributed by atoms with van der Waals surface area (Å²) in [5.74, 6) is 0.339. The predicted molar refractivity (Wildman–Crippen MR) is 38.9 cm³/mol. The zero-order chi connectivity index (χ0) is 7.40. The lowest BCUT2D eigenvalue weighted by Crippen LogP contribution is -2.42. The molecule has 0 aromatic carbocycles. The topological polar surface area (TPSA) is 41.5 Å². The number of piperidine rings is 1. The van der Waals surface area contributed by atoms with Crippen LogP contribution in [0.25, 0.3) is 0 Å². The minimum absolute atomic E-state index is 0.214. The third kappa shape index (κ3) is 1.94. The Morgan fingerprint density at radius 2 is 2.50 bits per heavy atom. The van der Waals surface area contributed by atoms with Gasteiger partial charge in [-0.05, 0) is 13.0 Å². The second-order valence-corrected chi connectivity index (χ2v) is 2.78. The van der Waals surface area contributed by atoms with Gasteiger partial charge in [-0.1, -0.05) is 0 Å². The molecule has 2 N–H and O–H groups in total. The summed E-state index contributed by atoms with van der Waals surface area (Å²) in [5.41, 5.74) is 0. The van der Waals surface area contributed by atoms with Crippen molar-refractivity contribution in [2.75, 3.05) is 26.8 Å². The number of rotatable bonds is 2. The van der Waals surface area contributed by atoms with Gasteiger partial charge >= 0.3 is 0 Å². The largest absolute Gasteiger partial charge is 0.391 e. The van der Waals surface area contributed by atoms with E-state index in [1.54, 1.807) is 7.11 Å². The number of aliphatic hydroxyl groups excluding tert-OH is 1. The Bertz CT molecular complexity index is 95.6. The van der Waals surface area contributed by atoms with E-state index in [-0.39, 0.29) is 6.10 Å². The molecule has 0 amide bonds. The van der Waals surface area contributed by atoms with Gasteiger partial charge < -0.3 is 15.2 Å². The standard InChI is InChI=1S/C7H15NO2/c1-10-5-6-2-3-8-4-7(6)9/h6-9H,2-5H2,1H3/t6-,7+/m1/s1. The van der Waals surface area contributed by atoms with Gasteiger partial charge in [-0.15, -0.1) is 0 Å². The van der Waals surface area contributed by atoms with Crippen LogP contribution in [0.3, 0.4) is 0 Å². The Kier molecular flexibility index (Phi) is 3.12. The van der Waals surface area contributed by atoms with Crippen LogP contribution in [0, 0.1) is 5.92 Å². The van der Waals surface area contributed by atoms with Gasteiger partial charge in [0, 0.05) is 19.6 Å². The van der Waals surface area contributed by atoms with Crippen molar-refractivity contribution < 1.29 is 9.84 Å². The van der Waals surface area contributed by atoms with Gasteiger partial charge in [0.2, 0.25) is 0 Å². The van der Waals surface area contributed by atoms with Crippen molar-refractivity contribution in [3.8, 4) is 0 Å². The third-order valence-corrected chi connectivity index (χ3v) is 1.97. The molecular formula is C7H15NO2. The van der Waals surface area contributed by atoms with E-state index in [1.165, 1.54) is 0 Å². The summed E-state index contributed by atoms with van der Waals surface area (Å²) >= 11 is 0. The first kappa shape index (κ1) is 7.98. The van der Waals surface area contributed by atoms with Crippen molar-refractivity contribution in [1.29, 1.82) is 0 Å². The molecule has 0 aliphatic carbocycles. The van der Waals surface area contributed by atoms with Crippen LogP contribution >= 0.6 is 0 Å². The second-order valence-electron chi connectivity index (χ2n) is 2.78. The Balaban J connectivity index is 2.25. The summed E-state index contributed by atoms with van der Waals surface area (Å²) in [5, 5.41) is 12.5. The van der Waals surface area contributed by atoms with Crippen molar-refractivity contribution >= 4 is 0 Å². The van der Waals surface area contributed by atoms with Crippen LogP contribution in [0.4, 0.5) is 0 Å². The molecule has 60 valence electrons. The van der Waals surface area contributed by atoms with Crippen LogP contribution in [0.2, 0.25) is 0 Å². The number of aliphatic hydroxyl groups is 1. The summed E-state index contributed by atoms with van der Waals surface area (Å²) in [6.45, 7) is 2.40. The average Bonchev–Trinajstić information content (AvgIpc) is 1.94. The molecule has 0 spiro atoms. The van der Waals surface area contributed by atoms with E-state index in [9.17, 15) is 5.11 Å². The van der Waals surface area contributed by atoms with Gasteiger partial charge in [-0.25, -0.2) is 0 Å². The highest BCUT2D eigenvalue weighted by atomic mass is 16.5. The maximum atomic E-state index is 9.36. The fourth-order valence-corrected chi connectivity index (χ4v) is 1.30. The summed E-state index contributed by atoms with van der Waals surface area (Å²) in [6, 6.07) is 0. The highest BCUT2D eigenvalue weighted by Gasteiger charge is 2.21. The molecule has 3 nitrogen and oxygen atoms in total. The molecule has 0 saturated carbocycles. The van der Waals surface area contributed by atoms with E-state index < -0.39 is 0 Å². The first-order valence-corrected chi connectivity index (χ1v) is 3.72. The second kappa shape index (κ2) is 3.91. The van der Waals surface area contributed by atoms with Crippen LogP contribution in [-0.4, -0.2) is 38.0 Å². The molecule has 0 aromatic rings.